The van der Waals surface area contributed by atoms with Crippen molar-refractivity contribution in [2.45, 2.75) is 6.92 Å². The van der Waals surface area contributed by atoms with Crippen molar-refractivity contribution in [2.24, 2.45) is 4.99 Å². The molecular weight excluding hydrogens is 250 g/mol. The van der Waals surface area contributed by atoms with Crippen LogP contribution < -0.4 is 10.2 Å². The van der Waals surface area contributed by atoms with Crippen LogP contribution in [0.2, 0.25) is 0 Å². The van der Waals surface area contributed by atoms with E-state index in [1.54, 1.807) is 0 Å². The number of aliphatic imine (C=N–C) groups is 1. The Hall–Kier alpha value is -0.991. The predicted molar refractivity (Wildman–Crippen MR) is 38.8 cm³/mol. The SMILES string of the molecule is CC(=NCC(=O)[O-])C(=O)[O-].O.O.O.[Cu+2]. The molecule has 0 heterocycles. The number of carbonyl (C=O) groups is 2. The minimum atomic E-state index is -1.47. The Morgan fingerprint density at radius 2 is 1.50 bits per heavy atom. The van der Waals surface area contributed by atoms with Crippen LogP contribution >= 0.6 is 0 Å². The van der Waals surface area contributed by atoms with E-state index in [0.717, 1.165) is 6.92 Å². The fourth-order valence-corrected chi connectivity index (χ4v) is 0.248. The van der Waals surface area contributed by atoms with Crippen LogP contribution in [0, 0.1) is 0 Å². The molecule has 1 radical (unpaired) electrons. The van der Waals surface area contributed by atoms with Gasteiger partial charge in [0.1, 0.15) is 0 Å². The minimum Gasteiger partial charge on any atom is -0.548 e. The van der Waals surface area contributed by atoms with Crippen LogP contribution in [-0.2, 0) is 26.7 Å². The zero-order valence-electron chi connectivity index (χ0n) is 7.09. The van der Waals surface area contributed by atoms with Crippen molar-refractivity contribution in [1.29, 1.82) is 0 Å². The Morgan fingerprint density at radius 1 is 1.14 bits per heavy atom. The van der Waals surface area contributed by atoms with Crippen LogP contribution in [0.15, 0.2) is 4.99 Å². The molecule has 89 valence electrons. The van der Waals surface area contributed by atoms with Gasteiger partial charge in [-0.2, -0.15) is 0 Å². The molecule has 0 bridgehead atoms. The van der Waals surface area contributed by atoms with E-state index in [1.807, 2.05) is 0 Å². The molecule has 0 saturated heterocycles. The molecule has 0 aliphatic heterocycles. The molecule has 0 unspecified atom stereocenters. The second kappa shape index (κ2) is 14.5. The summed E-state index contributed by atoms with van der Waals surface area (Å²) in [5, 5.41) is 19.6. The van der Waals surface area contributed by atoms with Gasteiger partial charge in [0.25, 0.3) is 0 Å². The van der Waals surface area contributed by atoms with Gasteiger partial charge < -0.3 is 36.2 Å². The van der Waals surface area contributed by atoms with Crippen LogP contribution in [0.4, 0.5) is 0 Å². The average Bonchev–Trinajstić information content (AvgIpc) is 1.82. The van der Waals surface area contributed by atoms with E-state index in [1.165, 1.54) is 0 Å². The predicted octanol–water partition coefficient (Wildman–Crippen LogP) is -5.53. The van der Waals surface area contributed by atoms with Crippen LogP contribution in [0.5, 0.6) is 0 Å². The van der Waals surface area contributed by atoms with Crippen LogP contribution in [0.3, 0.4) is 0 Å². The zero-order valence-corrected chi connectivity index (χ0v) is 8.03. The largest absolute Gasteiger partial charge is 2.00 e. The maximum Gasteiger partial charge on any atom is 2.00 e. The molecule has 0 aliphatic carbocycles. The van der Waals surface area contributed by atoms with Crippen molar-refractivity contribution >= 4 is 17.7 Å². The molecule has 0 aromatic heterocycles. The van der Waals surface area contributed by atoms with Gasteiger partial charge in [0.15, 0.2) is 0 Å². The third-order valence-electron chi connectivity index (χ3n) is 0.741. The van der Waals surface area contributed by atoms with E-state index in [2.05, 4.69) is 4.99 Å². The first-order chi connectivity index (χ1) is 4.54. The first kappa shape index (κ1) is 29.2. The molecule has 9 heteroatoms. The maximum atomic E-state index is 9.86. The van der Waals surface area contributed by atoms with Gasteiger partial charge in [-0.1, -0.05) is 0 Å². The monoisotopic (exact) mass is 260 g/mol. The van der Waals surface area contributed by atoms with Crippen molar-refractivity contribution in [2.75, 3.05) is 6.54 Å². The number of nitrogens with zero attached hydrogens (tertiary/aromatic N) is 1. The van der Waals surface area contributed by atoms with Crippen molar-refractivity contribution in [1.82, 2.24) is 0 Å². The van der Waals surface area contributed by atoms with E-state index in [4.69, 9.17) is 0 Å². The molecular formula is C5H11CuNO7. The van der Waals surface area contributed by atoms with Crippen molar-refractivity contribution in [3.8, 4) is 0 Å². The number of carboxylic acids is 2. The average molecular weight is 261 g/mol. The topological polar surface area (TPSA) is 187 Å². The summed E-state index contributed by atoms with van der Waals surface area (Å²) in [4.78, 5) is 22.7. The van der Waals surface area contributed by atoms with E-state index < -0.39 is 18.5 Å². The van der Waals surface area contributed by atoms with Crippen molar-refractivity contribution in [3.05, 3.63) is 0 Å². The van der Waals surface area contributed by atoms with Gasteiger partial charge in [0.2, 0.25) is 0 Å². The summed E-state index contributed by atoms with van der Waals surface area (Å²) in [6.45, 7) is 0.512. The Balaban J connectivity index is -0.0000000675. The summed E-state index contributed by atoms with van der Waals surface area (Å²) in [6.07, 6.45) is 0. The van der Waals surface area contributed by atoms with Gasteiger partial charge in [-0.25, -0.2) is 0 Å². The van der Waals surface area contributed by atoms with Gasteiger partial charge in [-0.05, 0) is 6.92 Å². The molecule has 0 saturated carbocycles. The quantitative estimate of drug-likeness (QED) is 0.361. The van der Waals surface area contributed by atoms with Gasteiger partial charge in [0, 0.05) is 0 Å². The normalized spacial score (nSPS) is 7.93. The van der Waals surface area contributed by atoms with E-state index in [-0.39, 0.29) is 39.2 Å². The second-order valence-electron chi connectivity index (χ2n) is 1.56. The number of carboxylic acid groups (broad SMARTS) is 2. The number of rotatable bonds is 3. The summed E-state index contributed by atoms with van der Waals surface area (Å²) in [5.41, 5.74) is -0.343. The number of hydrogen-bond acceptors (Lipinski definition) is 5. The van der Waals surface area contributed by atoms with E-state index in [9.17, 15) is 19.8 Å². The molecule has 0 aromatic carbocycles. The van der Waals surface area contributed by atoms with Crippen molar-refractivity contribution in [3.63, 3.8) is 0 Å². The molecule has 0 spiro atoms. The third-order valence-corrected chi connectivity index (χ3v) is 0.741. The van der Waals surface area contributed by atoms with Crippen LogP contribution in [0.1, 0.15) is 6.92 Å². The molecule has 8 nitrogen and oxygen atoms in total. The van der Waals surface area contributed by atoms with E-state index >= 15 is 0 Å². The molecule has 0 amide bonds. The van der Waals surface area contributed by atoms with E-state index in [0.29, 0.717) is 0 Å². The molecule has 0 aromatic rings. The first-order valence-corrected chi connectivity index (χ1v) is 2.46. The fraction of sp³-hybridized carbons (Fsp3) is 0.400. The Kier molecular flexibility index (Phi) is 30.4. The summed E-state index contributed by atoms with van der Waals surface area (Å²) < 4.78 is 0. The summed E-state index contributed by atoms with van der Waals surface area (Å²) in [7, 11) is 0. The third kappa shape index (κ3) is 17.2. The Bertz CT molecular complexity index is 193. The minimum absolute atomic E-state index is 0. The fourth-order valence-electron chi connectivity index (χ4n) is 0.248. The van der Waals surface area contributed by atoms with Gasteiger partial charge >= 0.3 is 17.1 Å². The second-order valence-corrected chi connectivity index (χ2v) is 1.56. The van der Waals surface area contributed by atoms with Crippen LogP contribution in [0.25, 0.3) is 0 Å². The molecule has 0 atom stereocenters. The summed E-state index contributed by atoms with van der Waals surface area (Å²) in [6, 6.07) is 0. The maximum absolute atomic E-state index is 9.86. The van der Waals surface area contributed by atoms with Gasteiger partial charge in [-0.3, -0.25) is 4.99 Å². The molecule has 0 aliphatic rings. The van der Waals surface area contributed by atoms with Crippen molar-refractivity contribution < 1.29 is 53.3 Å². The molecule has 6 N–H and O–H groups in total. The summed E-state index contributed by atoms with van der Waals surface area (Å²) in [5.74, 6) is -2.89. The zero-order chi connectivity index (χ0) is 8.15. The standard InChI is InChI=1S/C5H7NO4.Cu.3H2O/c1-3(5(9)10)6-2-4(7)8;;;;/h2H2,1H3,(H,7,8)(H,9,10);;3*1H2/q;+2;;;/p-2. The molecule has 14 heavy (non-hydrogen) atoms. The van der Waals surface area contributed by atoms with Gasteiger partial charge in [-0.15, -0.1) is 0 Å². The number of aliphatic carboxylic acids is 2. The smallest absolute Gasteiger partial charge is 0.548 e. The molecule has 0 rings (SSSR count). The summed E-state index contributed by atoms with van der Waals surface area (Å²) >= 11 is 0. The first-order valence-electron chi connectivity index (χ1n) is 2.46. The number of hydrogen-bond donors (Lipinski definition) is 0. The Labute approximate surface area is 90.0 Å². The molecule has 0 fully saturated rings. The van der Waals surface area contributed by atoms with Gasteiger partial charge in [0.05, 0.1) is 24.2 Å². The Morgan fingerprint density at radius 3 is 1.71 bits per heavy atom. The number of carbonyl (C=O) groups excluding carboxylic acids is 2. The van der Waals surface area contributed by atoms with Crippen LogP contribution in [-0.4, -0.2) is 40.6 Å².